The van der Waals surface area contributed by atoms with Gasteiger partial charge in [-0.3, -0.25) is 9.59 Å². The number of nitrogens with one attached hydrogen (secondary N) is 2. The van der Waals surface area contributed by atoms with Gasteiger partial charge < -0.3 is 10.6 Å². The van der Waals surface area contributed by atoms with Gasteiger partial charge in [0.05, 0.1) is 6.54 Å². The smallest absolute Gasteiger partial charge is 0.251 e. The third-order valence-corrected chi connectivity index (χ3v) is 4.07. The van der Waals surface area contributed by atoms with Crippen LogP contribution in [0.2, 0.25) is 0 Å². The Bertz CT molecular complexity index is 530. The van der Waals surface area contributed by atoms with E-state index in [0.717, 1.165) is 12.8 Å². The molecule has 1 rings (SSSR count). The van der Waals surface area contributed by atoms with Gasteiger partial charge in [-0.15, -0.1) is 0 Å². The van der Waals surface area contributed by atoms with Crippen molar-refractivity contribution in [3.8, 4) is 0 Å². The van der Waals surface area contributed by atoms with Gasteiger partial charge in [-0.25, -0.2) is 0 Å². The quantitative estimate of drug-likeness (QED) is 0.711. The maximum absolute atomic E-state index is 12.1. The second-order valence-electron chi connectivity index (χ2n) is 7.47. The van der Waals surface area contributed by atoms with Gasteiger partial charge in [0.2, 0.25) is 5.91 Å². The van der Waals surface area contributed by atoms with Crippen LogP contribution in [0.25, 0.3) is 0 Å². The Morgan fingerprint density at radius 1 is 1.08 bits per heavy atom. The van der Waals surface area contributed by atoms with Gasteiger partial charge in [-0.05, 0) is 36.5 Å². The number of carbonyl (C=O) groups is 2. The van der Waals surface area contributed by atoms with E-state index in [4.69, 9.17) is 0 Å². The lowest BCUT2D eigenvalue weighted by Crippen LogP contribution is -2.40. The first-order chi connectivity index (χ1) is 11.2. The van der Waals surface area contributed by atoms with Crippen LogP contribution in [0, 0.1) is 0 Å². The summed E-state index contributed by atoms with van der Waals surface area (Å²) in [7, 11) is 0. The van der Waals surface area contributed by atoms with Crippen molar-refractivity contribution in [3.05, 3.63) is 35.4 Å². The zero-order valence-electron chi connectivity index (χ0n) is 15.7. The van der Waals surface area contributed by atoms with Gasteiger partial charge in [-0.2, -0.15) is 0 Å². The first-order valence-corrected chi connectivity index (χ1v) is 8.92. The van der Waals surface area contributed by atoms with Gasteiger partial charge >= 0.3 is 0 Å². The summed E-state index contributed by atoms with van der Waals surface area (Å²) in [4.78, 5) is 24.0. The minimum atomic E-state index is -0.218. The lowest BCUT2D eigenvalue weighted by atomic mass is 9.87. The number of amides is 2. The maximum atomic E-state index is 12.1. The second kappa shape index (κ2) is 9.45. The van der Waals surface area contributed by atoms with E-state index in [1.54, 1.807) is 12.1 Å². The molecule has 1 aromatic carbocycles. The first-order valence-electron chi connectivity index (χ1n) is 8.92. The summed E-state index contributed by atoms with van der Waals surface area (Å²) in [6, 6.07) is 7.69. The molecule has 0 radical (unpaired) electrons. The van der Waals surface area contributed by atoms with Gasteiger partial charge in [0.25, 0.3) is 5.91 Å². The van der Waals surface area contributed by atoms with Crippen molar-refractivity contribution < 1.29 is 9.59 Å². The van der Waals surface area contributed by atoms with Crippen molar-refractivity contribution in [3.63, 3.8) is 0 Å². The molecule has 0 aliphatic carbocycles. The summed E-state index contributed by atoms with van der Waals surface area (Å²) in [6.45, 7) is 10.6. The molecule has 0 heterocycles. The van der Waals surface area contributed by atoms with Crippen LogP contribution < -0.4 is 10.6 Å². The van der Waals surface area contributed by atoms with Crippen molar-refractivity contribution in [2.45, 2.75) is 71.8 Å². The number of hydrogen-bond acceptors (Lipinski definition) is 2. The van der Waals surface area contributed by atoms with Crippen LogP contribution in [0.3, 0.4) is 0 Å². The number of carbonyl (C=O) groups excluding carboxylic acids is 2. The fraction of sp³-hybridized carbons (Fsp3) is 0.600. The number of benzene rings is 1. The second-order valence-corrected chi connectivity index (χ2v) is 7.47. The highest BCUT2D eigenvalue weighted by Crippen LogP contribution is 2.22. The molecule has 0 aliphatic rings. The fourth-order valence-corrected chi connectivity index (χ4v) is 2.48. The van der Waals surface area contributed by atoms with Crippen LogP contribution >= 0.6 is 0 Å². The van der Waals surface area contributed by atoms with Crippen molar-refractivity contribution in [2.75, 3.05) is 6.54 Å². The van der Waals surface area contributed by atoms with Crippen molar-refractivity contribution in [2.24, 2.45) is 0 Å². The van der Waals surface area contributed by atoms with Crippen molar-refractivity contribution in [1.29, 1.82) is 0 Å². The Hall–Kier alpha value is -1.84. The summed E-state index contributed by atoms with van der Waals surface area (Å²) in [5.41, 5.74) is 1.81. The highest BCUT2D eigenvalue weighted by Gasteiger charge is 2.15. The molecule has 0 saturated heterocycles. The van der Waals surface area contributed by atoms with E-state index in [-0.39, 0.29) is 29.8 Å². The highest BCUT2D eigenvalue weighted by molar-refractivity contribution is 5.96. The molecule has 1 atom stereocenters. The van der Waals surface area contributed by atoms with Crippen LogP contribution in [-0.4, -0.2) is 24.4 Å². The van der Waals surface area contributed by atoms with E-state index in [0.29, 0.717) is 5.56 Å². The monoisotopic (exact) mass is 332 g/mol. The minimum absolute atomic E-state index is 0.0119. The Labute approximate surface area is 146 Å². The zero-order chi connectivity index (χ0) is 18.2. The third-order valence-electron chi connectivity index (χ3n) is 4.07. The number of rotatable bonds is 8. The average Bonchev–Trinajstić information content (AvgIpc) is 2.52. The zero-order valence-corrected chi connectivity index (χ0v) is 15.7. The standard InChI is InChI=1S/C20H32N2O2/c1-6-7-8-9-15(2)22-18(23)14-21-19(24)16-10-12-17(13-11-16)20(3,4)5/h10-13,15H,6-9,14H2,1-5H3,(H,21,24)(H,22,23). The minimum Gasteiger partial charge on any atom is -0.352 e. The predicted octanol–water partition coefficient (Wildman–Crippen LogP) is 3.80. The van der Waals surface area contributed by atoms with Gasteiger partial charge in [-0.1, -0.05) is 59.1 Å². The van der Waals surface area contributed by atoms with Crippen LogP contribution in [-0.2, 0) is 10.2 Å². The molecule has 1 unspecified atom stereocenters. The Kier molecular flexibility index (Phi) is 7.96. The Balaban J connectivity index is 2.41. The largest absolute Gasteiger partial charge is 0.352 e. The summed E-state index contributed by atoms with van der Waals surface area (Å²) < 4.78 is 0. The van der Waals surface area contributed by atoms with E-state index in [1.165, 1.54) is 18.4 Å². The molecular formula is C20H32N2O2. The summed E-state index contributed by atoms with van der Waals surface area (Å²) in [5.74, 6) is -0.358. The molecule has 2 amide bonds. The fourth-order valence-electron chi connectivity index (χ4n) is 2.48. The van der Waals surface area contributed by atoms with Crippen LogP contribution in [0.4, 0.5) is 0 Å². The maximum Gasteiger partial charge on any atom is 0.251 e. The molecule has 4 heteroatoms. The normalized spacial score (nSPS) is 12.5. The lowest BCUT2D eigenvalue weighted by Gasteiger charge is -2.19. The van der Waals surface area contributed by atoms with Crippen LogP contribution in [0.5, 0.6) is 0 Å². The molecule has 24 heavy (non-hydrogen) atoms. The van der Waals surface area contributed by atoms with Crippen LogP contribution in [0.1, 0.15) is 76.2 Å². The topological polar surface area (TPSA) is 58.2 Å². The molecule has 0 bridgehead atoms. The Morgan fingerprint density at radius 2 is 1.71 bits per heavy atom. The van der Waals surface area contributed by atoms with Crippen LogP contribution in [0.15, 0.2) is 24.3 Å². The van der Waals surface area contributed by atoms with Crippen molar-refractivity contribution >= 4 is 11.8 Å². The third kappa shape index (κ3) is 7.16. The summed E-state index contributed by atoms with van der Waals surface area (Å²) >= 11 is 0. The number of unbranched alkanes of at least 4 members (excludes halogenated alkanes) is 2. The molecule has 134 valence electrons. The molecular weight excluding hydrogens is 300 g/mol. The van der Waals surface area contributed by atoms with Gasteiger partial charge in [0, 0.05) is 11.6 Å². The number of hydrogen-bond donors (Lipinski definition) is 2. The average molecular weight is 332 g/mol. The van der Waals surface area contributed by atoms with E-state index >= 15 is 0 Å². The van der Waals surface area contributed by atoms with Gasteiger partial charge in [0.1, 0.15) is 0 Å². The molecule has 0 spiro atoms. The van der Waals surface area contributed by atoms with E-state index < -0.39 is 0 Å². The Morgan fingerprint density at radius 3 is 2.25 bits per heavy atom. The molecule has 0 aliphatic heterocycles. The first kappa shape index (κ1) is 20.2. The molecule has 0 fully saturated rings. The van der Waals surface area contributed by atoms with E-state index in [1.807, 2.05) is 19.1 Å². The molecule has 1 aromatic rings. The van der Waals surface area contributed by atoms with E-state index in [9.17, 15) is 9.59 Å². The highest BCUT2D eigenvalue weighted by atomic mass is 16.2. The summed E-state index contributed by atoms with van der Waals surface area (Å²) in [6.07, 6.45) is 4.44. The van der Waals surface area contributed by atoms with E-state index in [2.05, 4.69) is 38.3 Å². The predicted molar refractivity (Wildman–Crippen MR) is 99.2 cm³/mol. The van der Waals surface area contributed by atoms with Crippen molar-refractivity contribution in [1.82, 2.24) is 10.6 Å². The summed E-state index contributed by atoms with van der Waals surface area (Å²) in [5, 5.41) is 5.60. The molecule has 0 aromatic heterocycles. The molecule has 0 saturated carbocycles. The van der Waals surface area contributed by atoms with Gasteiger partial charge in [0.15, 0.2) is 0 Å². The SMILES string of the molecule is CCCCCC(C)NC(=O)CNC(=O)c1ccc(C(C)(C)C)cc1. The molecule has 2 N–H and O–H groups in total. The lowest BCUT2D eigenvalue weighted by molar-refractivity contribution is -0.120. The molecule has 4 nitrogen and oxygen atoms in total.